The van der Waals surface area contributed by atoms with Gasteiger partial charge in [0.05, 0.1) is 5.52 Å². The van der Waals surface area contributed by atoms with Crippen molar-refractivity contribution >= 4 is 28.1 Å². The molecule has 1 saturated heterocycles. The van der Waals surface area contributed by atoms with Crippen LogP contribution >= 0.6 is 0 Å². The Morgan fingerprint density at radius 3 is 2.36 bits per heavy atom. The minimum absolute atomic E-state index is 0.294. The topological polar surface area (TPSA) is 41.1 Å². The fourth-order valence-corrected chi connectivity index (χ4v) is 3.32. The molecule has 128 valence electrons. The third-order valence-corrected chi connectivity index (χ3v) is 4.74. The van der Waals surface area contributed by atoms with Gasteiger partial charge in [-0.2, -0.15) is 0 Å². The number of fused-ring (bicyclic) bond motifs is 1. The summed E-state index contributed by atoms with van der Waals surface area (Å²) in [6.07, 6.45) is 2.59. The second-order valence-corrected chi connectivity index (χ2v) is 6.97. The lowest BCUT2D eigenvalue weighted by molar-refractivity contribution is 0.785. The Balaban J connectivity index is 1.65. The van der Waals surface area contributed by atoms with Crippen LogP contribution in [0.15, 0.2) is 48.5 Å². The Labute approximate surface area is 148 Å². The molecule has 0 atom stereocenters. The zero-order valence-electron chi connectivity index (χ0n) is 14.9. The van der Waals surface area contributed by atoms with E-state index in [-0.39, 0.29) is 0 Å². The van der Waals surface area contributed by atoms with Crippen molar-refractivity contribution in [2.45, 2.75) is 32.6 Å². The fraction of sp³-hybridized carbons (Fsp3) is 0.333. The average Bonchev–Trinajstić information content (AvgIpc) is 3.17. The number of hydrogen-bond donors (Lipinski definition) is 1. The minimum atomic E-state index is 0.294. The van der Waals surface area contributed by atoms with E-state index in [1.807, 2.05) is 18.2 Å². The van der Waals surface area contributed by atoms with E-state index in [0.29, 0.717) is 5.92 Å². The predicted octanol–water partition coefficient (Wildman–Crippen LogP) is 5.10. The molecule has 0 unspecified atom stereocenters. The van der Waals surface area contributed by atoms with Crippen molar-refractivity contribution in [3.05, 3.63) is 54.4 Å². The Morgan fingerprint density at radius 2 is 1.64 bits per heavy atom. The molecule has 3 aromatic rings. The molecule has 0 spiro atoms. The lowest BCUT2D eigenvalue weighted by atomic mass is 10.1. The van der Waals surface area contributed by atoms with Crippen molar-refractivity contribution in [3.8, 4) is 0 Å². The SMILES string of the molecule is CC(C)c1nc(Nc2ccc(N3CCCC3)cc2)c2ccccc2n1. The van der Waals surface area contributed by atoms with Crippen LogP contribution in [0.1, 0.15) is 38.4 Å². The van der Waals surface area contributed by atoms with Crippen LogP contribution in [0.4, 0.5) is 17.2 Å². The van der Waals surface area contributed by atoms with Gasteiger partial charge in [-0.3, -0.25) is 0 Å². The maximum Gasteiger partial charge on any atom is 0.142 e. The molecule has 4 rings (SSSR count). The summed E-state index contributed by atoms with van der Waals surface area (Å²) in [6.45, 7) is 6.58. The first-order valence-corrected chi connectivity index (χ1v) is 9.09. The van der Waals surface area contributed by atoms with Gasteiger partial charge in [-0.1, -0.05) is 26.0 Å². The van der Waals surface area contributed by atoms with Gasteiger partial charge in [-0.25, -0.2) is 9.97 Å². The molecule has 0 aliphatic carbocycles. The van der Waals surface area contributed by atoms with E-state index in [2.05, 4.69) is 59.4 Å². The van der Waals surface area contributed by atoms with Crippen LogP contribution in [0.2, 0.25) is 0 Å². The maximum absolute atomic E-state index is 4.76. The third kappa shape index (κ3) is 3.29. The molecule has 4 nitrogen and oxygen atoms in total. The van der Waals surface area contributed by atoms with Gasteiger partial charge in [-0.15, -0.1) is 0 Å². The van der Waals surface area contributed by atoms with Crippen molar-refractivity contribution in [1.29, 1.82) is 0 Å². The third-order valence-electron chi connectivity index (χ3n) is 4.74. The first-order chi connectivity index (χ1) is 12.2. The highest BCUT2D eigenvalue weighted by Crippen LogP contribution is 2.27. The van der Waals surface area contributed by atoms with Crippen molar-refractivity contribution in [3.63, 3.8) is 0 Å². The second kappa shape index (κ2) is 6.71. The summed E-state index contributed by atoms with van der Waals surface area (Å²) < 4.78 is 0. The van der Waals surface area contributed by atoms with E-state index in [1.54, 1.807) is 0 Å². The predicted molar refractivity (Wildman–Crippen MR) is 105 cm³/mol. The number of nitrogens with one attached hydrogen (secondary N) is 1. The smallest absolute Gasteiger partial charge is 0.142 e. The van der Waals surface area contributed by atoms with Gasteiger partial charge >= 0.3 is 0 Å². The van der Waals surface area contributed by atoms with Crippen LogP contribution in [0, 0.1) is 0 Å². The van der Waals surface area contributed by atoms with Crippen molar-refractivity contribution in [1.82, 2.24) is 9.97 Å². The van der Waals surface area contributed by atoms with Crippen LogP contribution in [-0.2, 0) is 0 Å². The van der Waals surface area contributed by atoms with Crippen LogP contribution in [0.3, 0.4) is 0 Å². The van der Waals surface area contributed by atoms with E-state index in [0.717, 1.165) is 28.2 Å². The average molecular weight is 332 g/mol. The summed E-state index contributed by atoms with van der Waals surface area (Å²) in [5.74, 6) is 2.04. The molecule has 1 aliphatic heterocycles. The van der Waals surface area contributed by atoms with Crippen LogP contribution in [0.25, 0.3) is 10.9 Å². The first-order valence-electron chi connectivity index (χ1n) is 9.09. The Hall–Kier alpha value is -2.62. The van der Waals surface area contributed by atoms with E-state index in [4.69, 9.17) is 4.98 Å². The van der Waals surface area contributed by atoms with Gasteiger partial charge < -0.3 is 10.2 Å². The number of rotatable bonds is 4. The van der Waals surface area contributed by atoms with Crippen molar-refractivity contribution in [2.24, 2.45) is 0 Å². The lowest BCUT2D eigenvalue weighted by Gasteiger charge is -2.18. The fourth-order valence-electron chi connectivity index (χ4n) is 3.32. The zero-order chi connectivity index (χ0) is 17.2. The molecule has 1 N–H and O–H groups in total. The van der Waals surface area contributed by atoms with Crippen molar-refractivity contribution < 1.29 is 0 Å². The number of benzene rings is 2. The number of para-hydroxylation sites is 1. The lowest BCUT2D eigenvalue weighted by Crippen LogP contribution is -2.17. The van der Waals surface area contributed by atoms with Gasteiger partial charge in [0.25, 0.3) is 0 Å². The first kappa shape index (κ1) is 15.9. The molecule has 25 heavy (non-hydrogen) atoms. The number of hydrogen-bond acceptors (Lipinski definition) is 4. The molecular weight excluding hydrogens is 308 g/mol. The summed E-state index contributed by atoms with van der Waals surface area (Å²) >= 11 is 0. The molecule has 2 aromatic carbocycles. The zero-order valence-corrected chi connectivity index (χ0v) is 14.9. The highest BCUT2D eigenvalue weighted by molar-refractivity contribution is 5.90. The van der Waals surface area contributed by atoms with E-state index >= 15 is 0 Å². The summed E-state index contributed by atoms with van der Waals surface area (Å²) in [5.41, 5.74) is 3.34. The number of anilines is 3. The summed E-state index contributed by atoms with van der Waals surface area (Å²) in [5, 5.41) is 4.54. The summed E-state index contributed by atoms with van der Waals surface area (Å²) in [7, 11) is 0. The highest BCUT2D eigenvalue weighted by atomic mass is 15.1. The Bertz CT molecular complexity index is 865. The van der Waals surface area contributed by atoms with E-state index in [9.17, 15) is 0 Å². The molecule has 0 radical (unpaired) electrons. The largest absolute Gasteiger partial charge is 0.372 e. The molecule has 0 saturated carbocycles. The molecule has 2 heterocycles. The maximum atomic E-state index is 4.76. The highest BCUT2D eigenvalue weighted by Gasteiger charge is 2.13. The normalized spacial score (nSPS) is 14.4. The molecule has 1 aliphatic rings. The standard InChI is InChI=1S/C21H24N4/c1-15(2)20-23-19-8-4-3-7-18(19)21(24-20)22-16-9-11-17(12-10-16)25-13-5-6-14-25/h3-4,7-12,15H,5-6,13-14H2,1-2H3,(H,22,23,24). The quantitative estimate of drug-likeness (QED) is 0.722. The molecule has 0 bridgehead atoms. The Kier molecular flexibility index (Phi) is 4.26. The van der Waals surface area contributed by atoms with Gasteiger partial charge in [0, 0.05) is 35.8 Å². The molecule has 1 aromatic heterocycles. The van der Waals surface area contributed by atoms with Gasteiger partial charge in [-0.05, 0) is 49.2 Å². The minimum Gasteiger partial charge on any atom is -0.372 e. The monoisotopic (exact) mass is 332 g/mol. The number of aromatic nitrogens is 2. The van der Waals surface area contributed by atoms with Crippen LogP contribution in [0.5, 0.6) is 0 Å². The summed E-state index contributed by atoms with van der Waals surface area (Å²) in [4.78, 5) is 11.9. The van der Waals surface area contributed by atoms with Crippen molar-refractivity contribution in [2.75, 3.05) is 23.3 Å². The van der Waals surface area contributed by atoms with Crippen LogP contribution < -0.4 is 10.2 Å². The van der Waals surface area contributed by atoms with Crippen LogP contribution in [-0.4, -0.2) is 23.1 Å². The van der Waals surface area contributed by atoms with Gasteiger partial charge in [0.15, 0.2) is 0 Å². The molecule has 0 amide bonds. The molecule has 1 fully saturated rings. The van der Waals surface area contributed by atoms with Gasteiger partial charge in [0.2, 0.25) is 0 Å². The molecular formula is C21H24N4. The number of nitrogens with zero attached hydrogens (tertiary/aromatic N) is 3. The molecule has 4 heteroatoms. The second-order valence-electron chi connectivity index (χ2n) is 6.97. The Morgan fingerprint density at radius 1 is 0.920 bits per heavy atom. The summed E-state index contributed by atoms with van der Waals surface area (Å²) in [6, 6.07) is 16.8. The van der Waals surface area contributed by atoms with E-state index in [1.165, 1.54) is 31.6 Å². The van der Waals surface area contributed by atoms with E-state index < -0.39 is 0 Å². The van der Waals surface area contributed by atoms with Gasteiger partial charge in [0.1, 0.15) is 11.6 Å².